The molecule has 0 bridgehead atoms. The third-order valence-corrected chi connectivity index (χ3v) is 0.653. The molecule has 0 aromatic carbocycles. The molecule has 0 N–H and O–H groups in total. The van der Waals surface area contributed by atoms with Gasteiger partial charge in [0, 0.05) is 12.4 Å². The van der Waals surface area contributed by atoms with Gasteiger partial charge in [-0.15, -0.1) is 0 Å². The van der Waals surface area contributed by atoms with Gasteiger partial charge in [-0.1, -0.05) is 0 Å². The Morgan fingerprint density at radius 1 is 1.40 bits per heavy atom. The Morgan fingerprint density at radius 2 is 1.90 bits per heavy atom. The summed E-state index contributed by atoms with van der Waals surface area (Å²) in [5.41, 5.74) is 0. The van der Waals surface area contributed by atoms with Crippen LogP contribution in [0.3, 0.4) is 0 Å². The van der Waals surface area contributed by atoms with Crippen molar-refractivity contribution >= 4 is 18.0 Å². The maximum atomic E-state index is 10.2. The Bertz CT molecular complexity index is 143. The largest absolute Gasteiger partial charge is 1.00 e. The number of carbonyl (C=O) groups is 3. The molecule has 4 nitrogen and oxygen atoms in total. The van der Waals surface area contributed by atoms with E-state index in [1.807, 2.05) is 0 Å². The van der Waals surface area contributed by atoms with Crippen LogP contribution < -0.4 is 24.0 Å². The number of Topliss-reactive ketones (excluding diaryl/α,β-unsaturated/α-hetero) is 1. The first-order chi connectivity index (χ1) is 4.16. The summed E-state index contributed by atoms with van der Waals surface area (Å²) in [5, 5.41) is 9.64. The molecule has 0 unspecified atom stereocenters. The molecule has 0 radical (unpaired) electrons. The fourth-order valence-electron chi connectivity index (χ4n) is 0.326. The zero-order chi connectivity index (χ0) is 7.28. The van der Waals surface area contributed by atoms with E-state index in [2.05, 4.69) is 0 Å². The second kappa shape index (κ2) is 6.53. The third-order valence-electron chi connectivity index (χ3n) is 0.653. The van der Waals surface area contributed by atoms with E-state index in [1.54, 1.807) is 0 Å². The number of aldehydes is 1. The normalized spacial score (nSPS) is 7.60. The summed E-state index contributed by atoms with van der Waals surface area (Å²) in [4.78, 5) is 29.4. The van der Waals surface area contributed by atoms with E-state index in [-0.39, 0.29) is 25.3 Å². The van der Waals surface area contributed by atoms with Crippen LogP contribution in [0.5, 0.6) is 0 Å². The van der Waals surface area contributed by atoms with Crippen molar-refractivity contribution in [2.45, 2.75) is 12.8 Å². The van der Waals surface area contributed by atoms with Gasteiger partial charge in [-0.3, -0.25) is 4.79 Å². The number of aliphatic carboxylic acids is 1. The smallest absolute Gasteiger partial charge is 0.550 e. The fraction of sp³-hybridized carbons (Fsp3) is 0.400. The van der Waals surface area contributed by atoms with Crippen molar-refractivity contribution in [2.75, 3.05) is 0 Å². The fourth-order valence-corrected chi connectivity index (χ4v) is 0.326. The monoisotopic (exact) mass is 136 g/mol. The van der Waals surface area contributed by atoms with Crippen LogP contribution in [0.2, 0.25) is 0 Å². The minimum atomic E-state index is -1.44. The summed E-state index contributed by atoms with van der Waals surface area (Å²) in [5.74, 6) is -2.06. The molecule has 0 aliphatic carbocycles. The summed E-state index contributed by atoms with van der Waals surface area (Å²) in [6.07, 6.45) is -0.641. The van der Waals surface area contributed by atoms with Crippen LogP contribution in [0.1, 0.15) is 12.8 Å². The zero-order valence-electron chi connectivity index (χ0n) is 5.62. The van der Waals surface area contributed by atoms with Crippen LogP contribution in [0.25, 0.3) is 0 Å². The molecule has 0 saturated carbocycles. The summed E-state index contributed by atoms with van der Waals surface area (Å²) in [6, 6.07) is 0. The molecule has 0 aromatic rings. The van der Waals surface area contributed by atoms with E-state index < -0.39 is 18.2 Å². The number of carbonyl (C=O) groups excluding carboxylic acids is 3. The predicted molar refractivity (Wildman–Crippen MR) is 25.3 cm³/mol. The zero-order valence-corrected chi connectivity index (χ0v) is 5.62. The summed E-state index contributed by atoms with van der Waals surface area (Å²) in [7, 11) is 0. The van der Waals surface area contributed by atoms with Crippen molar-refractivity contribution in [1.82, 2.24) is 0 Å². The van der Waals surface area contributed by atoms with Crippen molar-refractivity contribution in [1.29, 1.82) is 0 Å². The van der Waals surface area contributed by atoms with Gasteiger partial charge in [-0.25, -0.2) is 0 Å². The third kappa shape index (κ3) is 7.41. The van der Waals surface area contributed by atoms with Crippen molar-refractivity contribution < 1.29 is 38.4 Å². The number of ketones is 1. The second-order valence-electron chi connectivity index (χ2n) is 1.46. The van der Waals surface area contributed by atoms with E-state index in [9.17, 15) is 19.5 Å². The number of carboxylic acid groups (broad SMARTS) is 1. The molecule has 0 aliphatic rings. The SMILES string of the molecule is O=CCC(=O)CC(=O)[O-].[Li+]. The molecule has 0 rings (SSSR count). The second-order valence-corrected chi connectivity index (χ2v) is 1.46. The molecule has 0 saturated heterocycles. The molecule has 0 spiro atoms. The number of hydrogen-bond acceptors (Lipinski definition) is 4. The maximum Gasteiger partial charge on any atom is 1.00 e. The Hall–Kier alpha value is -0.593. The van der Waals surface area contributed by atoms with Gasteiger partial charge in [-0.2, -0.15) is 0 Å². The topological polar surface area (TPSA) is 74.3 Å². The average molecular weight is 136 g/mol. The average Bonchev–Trinajstić information content (AvgIpc) is 1.63. The minimum Gasteiger partial charge on any atom is -0.550 e. The molecule has 0 atom stereocenters. The first-order valence-corrected chi connectivity index (χ1v) is 2.32. The molecule has 50 valence electrons. The minimum absolute atomic E-state index is 0. The summed E-state index contributed by atoms with van der Waals surface area (Å²) in [6.45, 7) is 0. The molecule has 0 fully saturated rings. The van der Waals surface area contributed by atoms with Gasteiger partial charge in [-0.05, 0) is 0 Å². The van der Waals surface area contributed by atoms with Gasteiger partial charge in [0.15, 0.2) is 0 Å². The van der Waals surface area contributed by atoms with Gasteiger partial charge in [0.2, 0.25) is 0 Å². The van der Waals surface area contributed by atoms with E-state index in [1.165, 1.54) is 0 Å². The van der Waals surface area contributed by atoms with Crippen molar-refractivity contribution in [3.05, 3.63) is 0 Å². The van der Waals surface area contributed by atoms with E-state index >= 15 is 0 Å². The van der Waals surface area contributed by atoms with Gasteiger partial charge in [0.05, 0.1) is 6.42 Å². The number of rotatable bonds is 4. The first kappa shape index (κ1) is 12.1. The van der Waals surface area contributed by atoms with Gasteiger partial charge < -0.3 is 14.7 Å². The van der Waals surface area contributed by atoms with Crippen LogP contribution in [0.4, 0.5) is 0 Å². The van der Waals surface area contributed by atoms with Gasteiger partial charge in [0.1, 0.15) is 12.1 Å². The Balaban J connectivity index is 0. The maximum absolute atomic E-state index is 10.2. The van der Waals surface area contributed by atoms with Crippen molar-refractivity contribution in [3.63, 3.8) is 0 Å². The van der Waals surface area contributed by atoms with Crippen LogP contribution in [-0.4, -0.2) is 18.0 Å². The quantitative estimate of drug-likeness (QED) is 0.221. The summed E-state index contributed by atoms with van der Waals surface area (Å²) >= 11 is 0. The summed E-state index contributed by atoms with van der Waals surface area (Å²) < 4.78 is 0. The molecule has 0 aliphatic heterocycles. The Labute approximate surface area is 69.8 Å². The Kier molecular flexibility index (Phi) is 7.91. The van der Waals surface area contributed by atoms with Crippen LogP contribution in [0.15, 0.2) is 0 Å². The van der Waals surface area contributed by atoms with Gasteiger partial charge in [0.25, 0.3) is 0 Å². The van der Waals surface area contributed by atoms with Crippen LogP contribution in [-0.2, 0) is 14.4 Å². The molecular formula is C5H5LiO4. The number of hydrogen-bond donors (Lipinski definition) is 0. The first-order valence-electron chi connectivity index (χ1n) is 2.32. The molecule has 10 heavy (non-hydrogen) atoms. The van der Waals surface area contributed by atoms with Crippen LogP contribution in [0, 0.1) is 0 Å². The van der Waals surface area contributed by atoms with E-state index in [0.717, 1.165) is 0 Å². The molecule has 0 aromatic heterocycles. The number of carboxylic acids is 1. The molecular weight excluding hydrogens is 131 g/mol. The Morgan fingerprint density at radius 3 is 2.20 bits per heavy atom. The van der Waals surface area contributed by atoms with E-state index in [0.29, 0.717) is 6.29 Å². The van der Waals surface area contributed by atoms with Gasteiger partial charge >= 0.3 is 18.9 Å². The van der Waals surface area contributed by atoms with Crippen molar-refractivity contribution in [2.24, 2.45) is 0 Å². The molecule has 0 heterocycles. The standard InChI is InChI=1S/C5H6O4.Li/c6-2-1-4(7)3-5(8)9;/h2H,1,3H2,(H,8,9);/q;+1/p-1. The van der Waals surface area contributed by atoms with E-state index in [4.69, 9.17) is 0 Å². The van der Waals surface area contributed by atoms with Crippen LogP contribution >= 0.6 is 0 Å². The molecule has 0 amide bonds. The van der Waals surface area contributed by atoms with Crippen molar-refractivity contribution in [3.8, 4) is 0 Å². The predicted octanol–water partition coefficient (Wildman–Crippen LogP) is -4.71. The molecule has 5 heteroatoms.